The largest absolute Gasteiger partial charge is 0.481 e. The van der Waals surface area contributed by atoms with Gasteiger partial charge in [-0.2, -0.15) is 0 Å². The summed E-state index contributed by atoms with van der Waals surface area (Å²) in [5, 5.41) is 12.4. The van der Waals surface area contributed by atoms with E-state index in [-0.39, 0.29) is 28.8 Å². The molecule has 1 aromatic rings. The van der Waals surface area contributed by atoms with Crippen molar-refractivity contribution in [2.75, 3.05) is 13.1 Å². The lowest BCUT2D eigenvalue weighted by Gasteiger charge is -2.37. The van der Waals surface area contributed by atoms with Gasteiger partial charge in [0, 0.05) is 5.41 Å². The van der Waals surface area contributed by atoms with Crippen LogP contribution in [-0.4, -0.2) is 24.2 Å². The average molecular weight is 300 g/mol. The minimum absolute atomic E-state index is 0. The summed E-state index contributed by atoms with van der Waals surface area (Å²) in [6.07, 6.45) is 2.05. The van der Waals surface area contributed by atoms with Crippen molar-refractivity contribution in [2.45, 2.75) is 24.7 Å². The van der Waals surface area contributed by atoms with Crippen LogP contribution >= 0.6 is 17.0 Å². The van der Waals surface area contributed by atoms with Crippen LogP contribution in [0.4, 0.5) is 0 Å². The predicted octanol–water partition coefficient (Wildman–Crippen LogP) is 2.36. The van der Waals surface area contributed by atoms with Crippen LogP contribution in [0.2, 0.25) is 0 Å². The van der Waals surface area contributed by atoms with Gasteiger partial charge in [-0.15, -0.1) is 17.0 Å². The van der Waals surface area contributed by atoms with Crippen LogP contribution in [0.1, 0.15) is 24.8 Å². The molecule has 1 heterocycles. The summed E-state index contributed by atoms with van der Waals surface area (Å²) in [7, 11) is 0. The third-order valence-electron chi connectivity index (χ3n) is 3.44. The molecule has 1 fully saturated rings. The topological polar surface area (TPSA) is 49.3 Å². The van der Waals surface area contributed by atoms with E-state index in [1.807, 2.05) is 30.3 Å². The third kappa shape index (κ3) is 3.30. The number of aliphatic carboxylic acids is 1. The van der Waals surface area contributed by atoms with E-state index >= 15 is 0 Å². The molecule has 0 aliphatic carbocycles. The van der Waals surface area contributed by atoms with Gasteiger partial charge >= 0.3 is 5.97 Å². The van der Waals surface area contributed by atoms with Crippen molar-refractivity contribution in [3.05, 3.63) is 35.9 Å². The highest BCUT2D eigenvalue weighted by atomic mass is 79.9. The second-order valence-electron chi connectivity index (χ2n) is 4.47. The second kappa shape index (κ2) is 6.17. The second-order valence-corrected chi connectivity index (χ2v) is 4.47. The maximum absolute atomic E-state index is 11.0. The minimum atomic E-state index is -0.703. The Balaban J connectivity index is 0.00000144. The molecule has 0 atom stereocenters. The van der Waals surface area contributed by atoms with Gasteiger partial charge in [-0.05, 0) is 31.5 Å². The molecular weight excluding hydrogens is 282 g/mol. The Morgan fingerprint density at radius 3 is 2.35 bits per heavy atom. The molecule has 0 spiro atoms. The number of halogens is 1. The lowest BCUT2D eigenvalue weighted by atomic mass is 9.71. The number of hydrogen-bond donors (Lipinski definition) is 2. The highest BCUT2D eigenvalue weighted by Gasteiger charge is 2.35. The average Bonchev–Trinajstić information content (AvgIpc) is 2.30. The molecule has 94 valence electrons. The van der Waals surface area contributed by atoms with Gasteiger partial charge < -0.3 is 10.4 Å². The molecule has 0 unspecified atom stereocenters. The van der Waals surface area contributed by atoms with Crippen molar-refractivity contribution < 1.29 is 9.90 Å². The molecule has 1 aliphatic rings. The molecule has 4 heteroatoms. The lowest BCUT2D eigenvalue weighted by molar-refractivity contribution is -0.138. The van der Waals surface area contributed by atoms with E-state index in [4.69, 9.17) is 5.11 Å². The summed E-state index contributed by atoms with van der Waals surface area (Å²) >= 11 is 0. The molecule has 0 bridgehead atoms. The lowest BCUT2D eigenvalue weighted by Crippen LogP contribution is -2.41. The van der Waals surface area contributed by atoms with Crippen molar-refractivity contribution in [3.63, 3.8) is 0 Å². The standard InChI is InChI=1S/C13H17NO2.BrH/c15-12(16)10-13(6-8-14-9-7-13)11-4-2-1-3-5-11;/h1-5,14H,6-10H2,(H,15,16);1H. The molecule has 2 N–H and O–H groups in total. The van der Waals surface area contributed by atoms with Crippen LogP contribution in [-0.2, 0) is 10.2 Å². The monoisotopic (exact) mass is 299 g/mol. The first kappa shape index (κ1) is 14.2. The first-order valence-corrected chi connectivity index (χ1v) is 5.71. The van der Waals surface area contributed by atoms with Gasteiger partial charge in [-0.3, -0.25) is 4.79 Å². The van der Waals surface area contributed by atoms with Crippen LogP contribution in [0.25, 0.3) is 0 Å². The van der Waals surface area contributed by atoms with Gasteiger partial charge in [0.1, 0.15) is 0 Å². The predicted molar refractivity (Wildman–Crippen MR) is 72.8 cm³/mol. The summed E-state index contributed by atoms with van der Waals surface area (Å²) in [6, 6.07) is 10.0. The van der Waals surface area contributed by atoms with Gasteiger partial charge in [0.25, 0.3) is 0 Å². The van der Waals surface area contributed by atoms with Crippen molar-refractivity contribution in [1.82, 2.24) is 5.32 Å². The molecule has 3 nitrogen and oxygen atoms in total. The molecule has 0 aromatic heterocycles. The molecule has 0 amide bonds. The summed E-state index contributed by atoms with van der Waals surface area (Å²) < 4.78 is 0. The first-order valence-electron chi connectivity index (χ1n) is 5.71. The van der Waals surface area contributed by atoms with E-state index < -0.39 is 5.97 Å². The Labute approximate surface area is 112 Å². The Morgan fingerprint density at radius 1 is 1.24 bits per heavy atom. The van der Waals surface area contributed by atoms with E-state index in [9.17, 15) is 4.79 Å². The molecular formula is C13H18BrNO2. The van der Waals surface area contributed by atoms with Crippen LogP contribution in [0.15, 0.2) is 30.3 Å². The normalized spacial score (nSPS) is 18.1. The zero-order chi connectivity index (χ0) is 11.4. The van der Waals surface area contributed by atoms with Gasteiger partial charge in [0.05, 0.1) is 6.42 Å². The van der Waals surface area contributed by atoms with E-state index in [1.54, 1.807) is 0 Å². The molecule has 17 heavy (non-hydrogen) atoms. The maximum Gasteiger partial charge on any atom is 0.304 e. The zero-order valence-electron chi connectivity index (χ0n) is 9.69. The number of rotatable bonds is 3. The SMILES string of the molecule is Br.O=C(O)CC1(c2ccccc2)CCNCC1. The number of benzene rings is 1. The maximum atomic E-state index is 11.0. The van der Waals surface area contributed by atoms with E-state index in [0.29, 0.717) is 0 Å². The van der Waals surface area contributed by atoms with Gasteiger partial charge in [0.15, 0.2) is 0 Å². The fourth-order valence-electron chi connectivity index (χ4n) is 2.55. The number of piperidine rings is 1. The third-order valence-corrected chi connectivity index (χ3v) is 3.44. The number of nitrogens with one attached hydrogen (secondary N) is 1. The van der Waals surface area contributed by atoms with Crippen LogP contribution in [0, 0.1) is 0 Å². The molecule has 1 saturated heterocycles. The van der Waals surface area contributed by atoms with Crippen LogP contribution in [0.3, 0.4) is 0 Å². The number of carboxylic acids is 1. The van der Waals surface area contributed by atoms with Gasteiger partial charge in [-0.1, -0.05) is 30.3 Å². The van der Waals surface area contributed by atoms with E-state index in [0.717, 1.165) is 25.9 Å². The quantitative estimate of drug-likeness (QED) is 0.901. The van der Waals surface area contributed by atoms with E-state index in [1.165, 1.54) is 5.56 Å². The van der Waals surface area contributed by atoms with Crippen LogP contribution < -0.4 is 5.32 Å². The minimum Gasteiger partial charge on any atom is -0.481 e. The van der Waals surface area contributed by atoms with Crippen molar-refractivity contribution in [3.8, 4) is 0 Å². The van der Waals surface area contributed by atoms with Gasteiger partial charge in [0.2, 0.25) is 0 Å². The smallest absolute Gasteiger partial charge is 0.304 e. The van der Waals surface area contributed by atoms with Crippen molar-refractivity contribution >= 4 is 23.0 Å². The Hall–Kier alpha value is -0.870. The van der Waals surface area contributed by atoms with Crippen molar-refractivity contribution in [2.24, 2.45) is 0 Å². The molecule has 1 aromatic carbocycles. The van der Waals surface area contributed by atoms with Crippen LogP contribution in [0.5, 0.6) is 0 Å². The highest BCUT2D eigenvalue weighted by Crippen LogP contribution is 2.36. The van der Waals surface area contributed by atoms with Gasteiger partial charge in [-0.25, -0.2) is 0 Å². The Bertz CT molecular complexity index is 361. The fourth-order valence-corrected chi connectivity index (χ4v) is 2.55. The van der Waals surface area contributed by atoms with E-state index in [2.05, 4.69) is 5.32 Å². The summed E-state index contributed by atoms with van der Waals surface area (Å²) in [5.74, 6) is -0.703. The highest BCUT2D eigenvalue weighted by molar-refractivity contribution is 8.93. The number of hydrogen-bond acceptors (Lipinski definition) is 2. The molecule has 0 saturated carbocycles. The first-order chi connectivity index (χ1) is 7.73. The molecule has 1 aliphatic heterocycles. The summed E-state index contributed by atoms with van der Waals surface area (Å²) in [6.45, 7) is 1.81. The fraction of sp³-hybridized carbons (Fsp3) is 0.462. The zero-order valence-corrected chi connectivity index (χ0v) is 11.4. The van der Waals surface area contributed by atoms with Crippen molar-refractivity contribution in [1.29, 1.82) is 0 Å². The molecule has 2 rings (SSSR count). The Morgan fingerprint density at radius 2 is 1.82 bits per heavy atom. The summed E-state index contributed by atoms with van der Waals surface area (Å²) in [4.78, 5) is 11.0. The number of carboxylic acid groups (broad SMARTS) is 1. The summed E-state index contributed by atoms with van der Waals surface area (Å²) in [5.41, 5.74) is 0.997. The molecule has 0 radical (unpaired) electrons. The number of carbonyl (C=O) groups is 1. The Kier molecular flexibility index (Phi) is 5.15.